The predicted molar refractivity (Wildman–Crippen MR) is 115 cm³/mol. The molecule has 3 amide bonds. The predicted octanol–water partition coefficient (Wildman–Crippen LogP) is -0.393. The van der Waals surface area contributed by atoms with E-state index in [1.54, 1.807) is 18.2 Å². The van der Waals surface area contributed by atoms with Gasteiger partial charge in [-0.05, 0) is 19.2 Å². The van der Waals surface area contributed by atoms with Crippen LogP contribution in [0.1, 0.15) is 6.42 Å². The smallest absolute Gasteiger partial charge is 0.243 e. The number of benzene rings is 1. The Labute approximate surface area is 182 Å². The number of carbonyl (C=O) groups excluding carboxylic acids is 3. The summed E-state index contributed by atoms with van der Waals surface area (Å²) >= 11 is 0. The monoisotopic (exact) mass is 433 g/mol. The van der Waals surface area contributed by atoms with Gasteiger partial charge in [0.25, 0.3) is 0 Å². The number of amides is 3. The molecule has 170 valence electrons. The normalized spacial score (nSPS) is 20.2. The van der Waals surface area contributed by atoms with Crippen molar-refractivity contribution in [3.05, 3.63) is 18.2 Å². The van der Waals surface area contributed by atoms with Crippen molar-refractivity contribution >= 4 is 23.4 Å². The topological polar surface area (TPSA) is 103 Å². The Balaban J connectivity index is 1.65. The number of anilines is 1. The molecule has 31 heavy (non-hydrogen) atoms. The van der Waals surface area contributed by atoms with Crippen LogP contribution in [-0.2, 0) is 14.4 Å². The number of likely N-dealkylation sites (N-methyl/N-ethyl adjacent to an activating group) is 1. The van der Waals surface area contributed by atoms with Crippen molar-refractivity contribution in [3.8, 4) is 11.5 Å². The van der Waals surface area contributed by atoms with Crippen molar-refractivity contribution in [1.82, 2.24) is 20.0 Å². The fourth-order valence-corrected chi connectivity index (χ4v) is 3.79. The number of piperazine rings is 2. The molecule has 2 heterocycles. The van der Waals surface area contributed by atoms with E-state index >= 15 is 0 Å². The van der Waals surface area contributed by atoms with Crippen molar-refractivity contribution in [2.24, 2.45) is 0 Å². The van der Waals surface area contributed by atoms with Crippen LogP contribution in [0.5, 0.6) is 11.5 Å². The van der Waals surface area contributed by atoms with Crippen LogP contribution in [0.25, 0.3) is 0 Å². The average Bonchev–Trinajstić information content (AvgIpc) is 2.76. The SMILES string of the molecule is COc1ccc(OC)c(NC(=O)C[C@H]2C(=O)NCCN2C(=O)CN2CCN(C)CC2)c1. The number of hydrogen-bond donors (Lipinski definition) is 2. The third-order valence-electron chi connectivity index (χ3n) is 5.67. The van der Waals surface area contributed by atoms with Gasteiger partial charge in [-0.15, -0.1) is 0 Å². The molecular weight excluding hydrogens is 402 g/mol. The third-order valence-corrected chi connectivity index (χ3v) is 5.67. The fourth-order valence-electron chi connectivity index (χ4n) is 3.79. The van der Waals surface area contributed by atoms with Gasteiger partial charge in [-0.2, -0.15) is 0 Å². The largest absolute Gasteiger partial charge is 0.497 e. The lowest BCUT2D eigenvalue weighted by molar-refractivity contribution is -0.145. The molecule has 0 aliphatic carbocycles. The third kappa shape index (κ3) is 5.86. The standard InChI is InChI=1S/C21H31N5O5/c1-24-8-10-25(11-9-24)14-20(28)26-7-6-22-21(29)17(26)13-19(27)23-16-12-15(30-2)4-5-18(16)31-3/h4-5,12,17H,6-11,13-14H2,1-3H3,(H,22,29)(H,23,27)/t17-/m0/s1. The molecule has 2 saturated heterocycles. The Hall–Kier alpha value is -2.85. The number of ether oxygens (including phenoxy) is 2. The zero-order valence-corrected chi connectivity index (χ0v) is 18.3. The molecule has 0 bridgehead atoms. The minimum Gasteiger partial charge on any atom is -0.497 e. The summed E-state index contributed by atoms with van der Waals surface area (Å²) in [6.07, 6.45) is -0.138. The van der Waals surface area contributed by atoms with Gasteiger partial charge in [0.2, 0.25) is 17.7 Å². The van der Waals surface area contributed by atoms with Gasteiger partial charge in [0, 0.05) is 45.3 Å². The number of rotatable bonds is 7. The molecule has 1 aromatic carbocycles. The molecule has 0 saturated carbocycles. The zero-order chi connectivity index (χ0) is 22.4. The first kappa shape index (κ1) is 22.8. The Morgan fingerprint density at radius 3 is 2.55 bits per heavy atom. The van der Waals surface area contributed by atoms with E-state index in [2.05, 4.69) is 27.5 Å². The Morgan fingerprint density at radius 2 is 1.87 bits per heavy atom. The van der Waals surface area contributed by atoms with Gasteiger partial charge in [0.1, 0.15) is 17.5 Å². The first-order valence-electron chi connectivity index (χ1n) is 10.4. The molecule has 0 aromatic heterocycles. The van der Waals surface area contributed by atoms with Crippen LogP contribution in [0.3, 0.4) is 0 Å². The molecule has 1 atom stereocenters. The molecule has 2 aliphatic heterocycles. The second-order valence-corrected chi connectivity index (χ2v) is 7.79. The fraction of sp³-hybridized carbons (Fsp3) is 0.571. The highest BCUT2D eigenvalue weighted by molar-refractivity contribution is 5.98. The second-order valence-electron chi connectivity index (χ2n) is 7.79. The quantitative estimate of drug-likeness (QED) is 0.604. The first-order chi connectivity index (χ1) is 14.9. The van der Waals surface area contributed by atoms with Crippen LogP contribution in [0.2, 0.25) is 0 Å². The summed E-state index contributed by atoms with van der Waals surface area (Å²) in [7, 11) is 5.09. The number of nitrogens with one attached hydrogen (secondary N) is 2. The molecule has 10 heteroatoms. The number of carbonyl (C=O) groups is 3. The molecule has 3 rings (SSSR count). The van der Waals surface area contributed by atoms with E-state index in [0.717, 1.165) is 26.2 Å². The Kier molecular flexibility index (Phi) is 7.69. The molecule has 0 spiro atoms. The van der Waals surface area contributed by atoms with E-state index in [1.165, 1.54) is 19.1 Å². The van der Waals surface area contributed by atoms with E-state index in [1.807, 2.05) is 0 Å². The highest BCUT2D eigenvalue weighted by atomic mass is 16.5. The van der Waals surface area contributed by atoms with Gasteiger partial charge in [-0.1, -0.05) is 0 Å². The van der Waals surface area contributed by atoms with Gasteiger partial charge >= 0.3 is 0 Å². The van der Waals surface area contributed by atoms with Gasteiger partial charge < -0.3 is 29.9 Å². The molecule has 2 fully saturated rings. The van der Waals surface area contributed by atoms with Crippen LogP contribution in [0.15, 0.2) is 18.2 Å². The van der Waals surface area contributed by atoms with Crippen LogP contribution >= 0.6 is 0 Å². The average molecular weight is 434 g/mol. The number of hydrogen-bond acceptors (Lipinski definition) is 7. The summed E-state index contributed by atoms with van der Waals surface area (Å²) in [5, 5.41) is 5.53. The molecule has 2 aliphatic rings. The van der Waals surface area contributed by atoms with Gasteiger partial charge in [-0.3, -0.25) is 19.3 Å². The maximum atomic E-state index is 12.9. The lowest BCUT2D eigenvalue weighted by Crippen LogP contribution is -2.60. The summed E-state index contributed by atoms with van der Waals surface area (Å²) in [6, 6.07) is 4.22. The molecular formula is C21H31N5O5. The minimum absolute atomic E-state index is 0.129. The molecule has 0 radical (unpaired) electrons. The Morgan fingerprint density at radius 1 is 1.13 bits per heavy atom. The van der Waals surface area contributed by atoms with Crippen LogP contribution in [0, 0.1) is 0 Å². The van der Waals surface area contributed by atoms with Gasteiger partial charge in [-0.25, -0.2) is 0 Å². The van der Waals surface area contributed by atoms with Crippen LogP contribution < -0.4 is 20.1 Å². The van der Waals surface area contributed by atoms with E-state index in [-0.39, 0.29) is 30.7 Å². The van der Waals surface area contributed by atoms with Crippen molar-refractivity contribution < 1.29 is 23.9 Å². The lowest BCUT2D eigenvalue weighted by atomic mass is 10.1. The molecule has 10 nitrogen and oxygen atoms in total. The Bertz CT molecular complexity index is 809. The maximum Gasteiger partial charge on any atom is 0.243 e. The van der Waals surface area contributed by atoms with Gasteiger partial charge in [0.15, 0.2) is 0 Å². The highest BCUT2D eigenvalue weighted by Crippen LogP contribution is 2.29. The molecule has 0 unspecified atom stereocenters. The summed E-state index contributed by atoms with van der Waals surface area (Å²) in [4.78, 5) is 44.0. The lowest BCUT2D eigenvalue weighted by Gasteiger charge is -2.37. The van der Waals surface area contributed by atoms with Crippen LogP contribution in [0.4, 0.5) is 5.69 Å². The number of nitrogens with zero attached hydrogens (tertiary/aromatic N) is 3. The zero-order valence-electron chi connectivity index (χ0n) is 18.3. The van der Waals surface area contributed by atoms with E-state index in [4.69, 9.17) is 9.47 Å². The summed E-state index contributed by atoms with van der Waals surface area (Å²) in [5.74, 6) is 0.216. The summed E-state index contributed by atoms with van der Waals surface area (Å²) < 4.78 is 10.5. The van der Waals surface area contributed by atoms with Gasteiger partial charge in [0.05, 0.1) is 32.9 Å². The van der Waals surface area contributed by atoms with Crippen molar-refractivity contribution in [2.45, 2.75) is 12.5 Å². The van der Waals surface area contributed by atoms with E-state index in [0.29, 0.717) is 30.3 Å². The molecule has 1 aromatic rings. The maximum absolute atomic E-state index is 12.9. The van der Waals surface area contributed by atoms with Crippen molar-refractivity contribution in [3.63, 3.8) is 0 Å². The van der Waals surface area contributed by atoms with E-state index < -0.39 is 6.04 Å². The number of methoxy groups -OCH3 is 2. The molecule has 2 N–H and O–H groups in total. The first-order valence-corrected chi connectivity index (χ1v) is 10.4. The van der Waals surface area contributed by atoms with Crippen molar-refractivity contribution in [2.75, 3.05) is 72.4 Å². The highest BCUT2D eigenvalue weighted by Gasteiger charge is 2.35. The van der Waals surface area contributed by atoms with E-state index in [9.17, 15) is 14.4 Å². The van der Waals surface area contributed by atoms with Crippen molar-refractivity contribution in [1.29, 1.82) is 0 Å². The minimum atomic E-state index is -0.842. The summed E-state index contributed by atoms with van der Waals surface area (Å²) in [5.41, 5.74) is 0.443. The van der Waals surface area contributed by atoms with Crippen LogP contribution in [-0.4, -0.2) is 106 Å². The summed E-state index contributed by atoms with van der Waals surface area (Å²) in [6.45, 7) is 4.45. The second kappa shape index (κ2) is 10.5.